The summed E-state index contributed by atoms with van der Waals surface area (Å²) in [4.78, 5) is 15.7. The Balaban J connectivity index is 1.08. The van der Waals surface area contributed by atoms with Gasteiger partial charge in [-0.15, -0.1) is 0 Å². The van der Waals surface area contributed by atoms with Gasteiger partial charge in [-0.25, -0.2) is 0 Å². The zero-order valence-corrected chi connectivity index (χ0v) is 36.6. The number of rotatable bonds is 30. The SMILES string of the molecule is CCCCCCCCCCCCN(CCCCCCCCCCCC)CCCNC(=O)CCCC1CCC2C3CCC4CCCCC4(C)C3CCC12C. The molecule has 0 heterocycles. The lowest BCUT2D eigenvalue weighted by atomic mass is 9.45. The predicted octanol–water partition coefficient (Wildman–Crippen LogP) is 14.9. The van der Waals surface area contributed by atoms with E-state index in [-0.39, 0.29) is 0 Å². The number of nitrogens with zero attached hydrogens (tertiary/aromatic N) is 1. The number of hydrogen-bond donors (Lipinski definition) is 1. The zero-order valence-electron chi connectivity index (χ0n) is 36.6. The average Bonchev–Trinajstić information content (AvgIpc) is 3.50. The van der Waals surface area contributed by atoms with Crippen LogP contribution in [0.25, 0.3) is 0 Å². The molecule has 7 atom stereocenters. The molecular formula is C50H94N2O. The Bertz CT molecular complexity index is 926. The lowest BCUT2D eigenvalue weighted by molar-refractivity contribution is -0.121. The molecule has 0 spiro atoms. The molecule has 7 unspecified atom stereocenters. The fourth-order valence-corrected chi connectivity index (χ4v) is 13.0. The maximum Gasteiger partial charge on any atom is 0.219 e. The van der Waals surface area contributed by atoms with Gasteiger partial charge in [0.05, 0.1) is 0 Å². The van der Waals surface area contributed by atoms with Gasteiger partial charge in [-0.05, 0) is 144 Å². The lowest BCUT2D eigenvalue weighted by Crippen LogP contribution is -2.52. The molecule has 4 saturated carbocycles. The molecule has 310 valence electrons. The Hall–Kier alpha value is -0.570. The number of carbonyl (C=O) groups is 1. The fraction of sp³-hybridized carbons (Fsp3) is 0.980. The maximum absolute atomic E-state index is 13.0. The normalized spacial score (nSPS) is 29.6. The number of hydrogen-bond acceptors (Lipinski definition) is 2. The molecule has 3 nitrogen and oxygen atoms in total. The molecule has 4 rings (SSSR count). The van der Waals surface area contributed by atoms with Crippen molar-refractivity contribution in [3.05, 3.63) is 0 Å². The Morgan fingerprint density at radius 3 is 1.70 bits per heavy atom. The van der Waals surface area contributed by atoms with Crippen LogP contribution in [0.1, 0.15) is 246 Å². The fourth-order valence-electron chi connectivity index (χ4n) is 13.0. The summed E-state index contributed by atoms with van der Waals surface area (Å²) >= 11 is 0. The van der Waals surface area contributed by atoms with Gasteiger partial charge in [-0.1, -0.05) is 156 Å². The second-order valence-electron chi connectivity index (χ2n) is 20.0. The third kappa shape index (κ3) is 14.7. The molecule has 0 radical (unpaired) electrons. The molecular weight excluding hydrogens is 645 g/mol. The molecule has 0 aromatic heterocycles. The Morgan fingerprint density at radius 2 is 1.09 bits per heavy atom. The van der Waals surface area contributed by atoms with Crippen LogP contribution in [0.2, 0.25) is 0 Å². The van der Waals surface area contributed by atoms with Crippen LogP contribution in [0, 0.1) is 40.4 Å². The van der Waals surface area contributed by atoms with Crippen LogP contribution in [0.5, 0.6) is 0 Å². The van der Waals surface area contributed by atoms with Gasteiger partial charge < -0.3 is 10.2 Å². The van der Waals surface area contributed by atoms with Crippen molar-refractivity contribution in [2.24, 2.45) is 40.4 Å². The van der Waals surface area contributed by atoms with Crippen molar-refractivity contribution in [1.29, 1.82) is 0 Å². The summed E-state index contributed by atoms with van der Waals surface area (Å²) in [6.45, 7) is 14.6. The molecule has 0 aliphatic heterocycles. The van der Waals surface area contributed by atoms with Crippen molar-refractivity contribution in [2.45, 2.75) is 246 Å². The lowest BCUT2D eigenvalue weighted by Gasteiger charge is -2.60. The number of unbranched alkanes of at least 4 members (excludes halogenated alkanes) is 18. The highest BCUT2D eigenvalue weighted by Crippen LogP contribution is 2.67. The first kappa shape index (κ1) is 45.1. The minimum atomic E-state index is 0.313. The van der Waals surface area contributed by atoms with E-state index in [1.54, 1.807) is 0 Å². The first-order valence-corrected chi connectivity index (χ1v) is 24.9. The van der Waals surface area contributed by atoms with Crippen LogP contribution < -0.4 is 5.32 Å². The van der Waals surface area contributed by atoms with Crippen LogP contribution in [0.4, 0.5) is 0 Å². The number of carbonyl (C=O) groups excluding carboxylic acids is 1. The van der Waals surface area contributed by atoms with E-state index < -0.39 is 0 Å². The van der Waals surface area contributed by atoms with Gasteiger partial charge >= 0.3 is 0 Å². The van der Waals surface area contributed by atoms with E-state index in [9.17, 15) is 4.79 Å². The van der Waals surface area contributed by atoms with E-state index in [1.165, 1.54) is 212 Å². The second-order valence-corrected chi connectivity index (χ2v) is 20.0. The number of amides is 1. The minimum absolute atomic E-state index is 0.313. The molecule has 53 heavy (non-hydrogen) atoms. The van der Waals surface area contributed by atoms with Gasteiger partial charge in [0.1, 0.15) is 0 Å². The summed E-state index contributed by atoms with van der Waals surface area (Å²) in [5.74, 6) is 5.15. The zero-order chi connectivity index (χ0) is 37.6. The summed E-state index contributed by atoms with van der Waals surface area (Å²) in [5.41, 5.74) is 1.19. The summed E-state index contributed by atoms with van der Waals surface area (Å²) < 4.78 is 0. The molecule has 4 aliphatic carbocycles. The monoisotopic (exact) mass is 739 g/mol. The Kier molecular flexibility index (Phi) is 21.8. The van der Waals surface area contributed by atoms with Gasteiger partial charge in [0, 0.05) is 13.0 Å². The largest absolute Gasteiger partial charge is 0.356 e. The predicted molar refractivity (Wildman–Crippen MR) is 231 cm³/mol. The number of fused-ring (bicyclic) bond motifs is 5. The topological polar surface area (TPSA) is 32.3 Å². The third-order valence-electron chi connectivity index (χ3n) is 16.4. The molecule has 0 aromatic rings. The molecule has 3 heteroatoms. The Morgan fingerprint density at radius 1 is 0.547 bits per heavy atom. The molecule has 1 N–H and O–H groups in total. The summed E-state index contributed by atoms with van der Waals surface area (Å²) in [6.07, 6.45) is 47.4. The van der Waals surface area contributed by atoms with Crippen LogP contribution >= 0.6 is 0 Å². The van der Waals surface area contributed by atoms with E-state index in [1.807, 2.05) is 0 Å². The summed E-state index contributed by atoms with van der Waals surface area (Å²) in [5, 5.41) is 3.35. The quantitative estimate of drug-likeness (QED) is 0.0744. The third-order valence-corrected chi connectivity index (χ3v) is 16.4. The van der Waals surface area contributed by atoms with E-state index in [0.29, 0.717) is 16.7 Å². The van der Waals surface area contributed by atoms with Crippen molar-refractivity contribution in [1.82, 2.24) is 10.2 Å². The molecule has 4 fully saturated rings. The van der Waals surface area contributed by atoms with Crippen LogP contribution in [-0.2, 0) is 4.79 Å². The van der Waals surface area contributed by atoms with Gasteiger partial charge in [-0.3, -0.25) is 4.79 Å². The van der Waals surface area contributed by atoms with Gasteiger partial charge in [0.15, 0.2) is 0 Å². The van der Waals surface area contributed by atoms with Crippen molar-refractivity contribution >= 4 is 5.91 Å². The molecule has 1 amide bonds. The smallest absolute Gasteiger partial charge is 0.219 e. The highest BCUT2D eigenvalue weighted by Gasteiger charge is 2.59. The van der Waals surface area contributed by atoms with Crippen LogP contribution in [0.15, 0.2) is 0 Å². The summed E-state index contributed by atoms with van der Waals surface area (Å²) in [7, 11) is 0. The number of nitrogens with one attached hydrogen (secondary N) is 1. The van der Waals surface area contributed by atoms with Gasteiger partial charge in [0.25, 0.3) is 0 Å². The summed E-state index contributed by atoms with van der Waals surface area (Å²) in [6, 6.07) is 0. The van der Waals surface area contributed by atoms with Crippen molar-refractivity contribution in [2.75, 3.05) is 26.2 Å². The van der Waals surface area contributed by atoms with Crippen LogP contribution in [0.3, 0.4) is 0 Å². The van der Waals surface area contributed by atoms with Crippen molar-refractivity contribution < 1.29 is 4.79 Å². The van der Waals surface area contributed by atoms with E-state index in [0.717, 1.165) is 61.9 Å². The van der Waals surface area contributed by atoms with Gasteiger partial charge in [0.2, 0.25) is 5.91 Å². The molecule has 4 aliphatic rings. The highest BCUT2D eigenvalue weighted by molar-refractivity contribution is 5.75. The molecule has 0 bridgehead atoms. The van der Waals surface area contributed by atoms with E-state index >= 15 is 0 Å². The average molecular weight is 739 g/mol. The van der Waals surface area contributed by atoms with E-state index in [4.69, 9.17) is 0 Å². The second kappa shape index (κ2) is 25.6. The van der Waals surface area contributed by atoms with Crippen molar-refractivity contribution in [3.8, 4) is 0 Å². The van der Waals surface area contributed by atoms with Crippen LogP contribution in [-0.4, -0.2) is 37.0 Å². The molecule has 0 aromatic carbocycles. The van der Waals surface area contributed by atoms with Crippen molar-refractivity contribution in [3.63, 3.8) is 0 Å². The standard InChI is InChI=1S/C50H94N2O/c1-5-7-9-11-13-15-17-19-21-25-40-52(41-26-22-20-18-16-14-12-10-8-6-2)42-28-39-51-48(53)31-27-30-44-33-35-46-45-34-32-43-29-23-24-37-49(43,3)47(45)36-38-50(44,46)4/h43-47H,5-42H2,1-4H3,(H,51,53). The Labute approximate surface area is 332 Å². The highest BCUT2D eigenvalue weighted by atomic mass is 16.1. The molecule has 0 saturated heterocycles. The maximum atomic E-state index is 13.0. The van der Waals surface area contributed by atoms with E-state index in [2.05, 4.69) is 37.9 Å². The first-order chi connectivity index (χ1) is 25.9. The van der Waals surface area contributed by atoms with Gasteiger partial charge in [-0.2, -0.15) is 0 Å². The minimum Gasteiger partial charge on any atom is -0.356 e. The first-order valence-electron chi connectivity index (χ1n) is 24.9.